The van der Waals surface area contributed by atoms with Crippen molar-refractivity contribution in [2.24, 2.45) is 0 Å². The minimum atomic E-state index is -0.567. The van der Waals surface area contributed by atoms with Crippen LogP contribution in [0.2, 0.25) is 5.02 Å². The Hall–Kier alpha value is -3.56. The van der Waals surface area contributed by atoms with E-state index in [0.29, 0.717) is 39.7 Å². The molecule has 0 radical (unpaired) electrons. The van der Waals surface area contributed by atoms with Gasteiger partial charge in [-0.1, -0.05) is 31.0 Å². The number of aromatic nitrogens is 4. The third-order valence-electron chi connectivity index (χ3n) is 5.24. The monoisotopic (exact) mass is 468 g/mol. The number of hydrogen-bond acceptors (Lipinski definition) is 6. The molecule has 0 saturated heterocycles. The van der Waals surface area contributed by atoms with Crippen molar-refractivity contribution in [3.8, 4) is 17.0 Å². The number of pyridine rings is 1. The van der Waals surface area contributed by atoms with Crippen LogP contribution in [0.1, 0.15) is 30.1 Å². The van der Waals surface area contributed by atoms with Crippen LogP contribution in [0.15, 0.2) is 48.8 Å². The van der Waals surface area contributed by atoms with Gasteiger partial charge in [0.05, 0.1) is 31.0 Å². The molecule has 9 nitrogen and oxygen atoms in total. The molecule has 0 spiro atoms. The van der Waals surface area contributed by atoms with Gasteiger partial charge >= 0.3 is 0 Å². The van der Waals surface area contributed by atoms with E-state index in [0.717, 1.165) is 6.42 Å². The summed E-state index contributed by atoms with van der Waals surface area (Å²) in [6.45, 7) is 2.28. The number of benzene rings is 1. The van der Waals surface area contributed by atoms with Gasteiger partial charge in [-0.05, 0) is 36.8 Å². The fraction of sp³-hybridized carbons (Fsp3) is 0.261. The van der Waals surface area contributed by atoms with Crippen molar-refractivity contribution in [1.29, 1.82) is 0 Å². The summed E-state index contributed by atoms with van der Waals surface area (Å²) in [5.41, 5.74) is 8.39. The zero-order valence-electron chi connectivity index (χ0n) is 18.3. The second-order valence-electron chi connectivity index (χ2n) is 7.65. The van der Waals surface area contributed by atoms with Gasteiger partial charge in [-0.2, -0.15) is 5.10 Å². The number of nitrogens with zero attached hydrogens (tertiary/aromatic N) is 4. The Labute approximate surface area is 195 Å². The Morgan fingerprint density at radius 2 is 2.12 bits per heavy atom. The molecule has 0 aliphatic carbocycles. The number of carbonyl (C=O) groups excluding carboxylic acids is 1. The SMILES string of the molecule is CCC[C@@H](O)Cn1cc(NC(=O)c2c(N)nn3ccccc23)c(-c2cc(Cl)ccc2OC)n1. The molecule has 172 valence electrons. The number of halogens is 1. The lowest BCUT2D eigenvalue weighted by Crippen LogP contribution is -2.16. The zero-order valence-corrected chi connectivity index (χ0v) is 19.1. The summed E-state index contributed by atoms with van der Waals surface area (Å²) >= 11 is 6.24. The first kappa shape index (κ1) is 22.6. The Bertz CT molecular complexity index is 1300. The Kier molecular flexibility index (Phi) is 6.52. The van der Waals surface area contributed by atoms with Gasteiger partial charge in [0.2, 0.25) is 0 Å². The van der Waals surface area contributed by atoms with Crippen LogP contribution in [-0.4, -0.2) is 43.6 Å². The Balaban J connectivity index is 1.76. The number of ether oxygens (including phenoxy) is 1. The normalized spacial score (nSPS) is 12.1. The molecule has 3 aromatic heterocycles. The van der Waals surface area contributed by atoms with Gasteiger partial charge < -0.3 is 20.9 Å². The topological polar surface area (TPSA) is 120 Å². The van der Waals surface area contributed by atoms with E-state index in [-0.39, 0.29) is 17.9 Å². The summed E-state index contributed by atoms with van der Waals surface area (Å²) in [6.07, 6.45) is 4.31. The second kappa shape index (κ2) is 9.51. The molecule has 0 aliphatic heterocycles. The minimum Gasteiger partial charge on any atom is -0.496 e. The molecule has 4 aromatic rings. The molecule has 0 saturated carbocycles. The van der Waals surface area contributed by atoms with Gasteiger partial charge in [-0.15, -0.1) is 5.10 Å². The Morgan fingerprint density at radius 1 is 1.30 bits per heavy atom. The quantitative estimate of drug-likeness (QED) is 0.361. The van der Waals surface area contributed by atoms with Crippen molar-refractivity contribution in [3.63, 3.8) is 0 Å². The summed E-state index contributed by atoms with van der Waals surface area (Å²) in [5, 5.41) is 22.5. The second-order valence-corrected chi connectivity index (χ2v) is 8.08. The molecule has 4 N–H and O–H groups in total. The summed E-state index contributed by atoms with van der Waals surface area (Å²) < 4.78 is 8.64. The molecule has 1 amide bonds. The summed E-state index contributed by atoms with van der Waals surface area (Å²) in [4.78, 5) is 13.3. The fourth-order valence-corrected chi connectivity index (χ4v) is 3.92. The van der Waals surface area contributed by atoms with Gasteiger partial charge in [-0.25, -0.2) is 4.52 Å². The number of anilines is 2. The van der Waals surface area contributed by atoms with Gasteiger partial charge in [0.25, 0.3) is 5.91 Å². The number of nitrogen functional groups attached to an aromatic ring is 1. The third-order valence-corrected chi connectivity index (χ3v) is 5.48. The van der Waals surface area contributed by atoms with Crippen molar-refractivity contribution < 1.29 is 14.6 Å². The van der Waals surface area contributed by atoms with E-state index >= 15 is 0 Å². The predicted molar refractivity (Wildman–Crippen MR) is 128 cm³/mol. The first-order valence-electron chi connectivity index (χ1n) is 10.5. The number of rotatable bonds is 8. The zero-order chi connectivity index (χ0) is 23.5. The highest BCUT2D eigenvalue weighted by Crippen LogP contribution is 2.36. The van der Waals surface area contributed by atoms with Crippen molar-refractivity contribution in [3.05, 3.63) is 59.4 Å². The highest BCUT2D eigenvalue weighted by atomic mass is 35.5. The molecule has 0 unspecified atom stereocenters. The molecular weight excluding hydrogens is 444 g/mol. The van der Waals surface area contributed by atoms with E-state index in [1.807, 2.05) is 13.0 Å². The summed E-state index contributed by atoms with van der Waals surface area (Å²) in [6, 6.07) is 10.5. The molecule has 10 heteroatoms. The van der Waals surface area contributed by atoms with E-state index in [9.17, 15) is 9.90 Å². The lowest BCUT2D eigenvalue weighted by Gasteiger charge is -2.10. The van der Waals surface area contributed by atoms with Crippen LogP contribution < -0.4 is 15.8 Å². The van der Waals surface area contributed by atoms with Crippen molar-refractivity contribution in [2.75, 3.05) is 18.2 Å². The number of aliphatic hydroxyl groups excluding tert-OH is 1. The van der Waals surface area contributed by atoms with Crippen LogP contribution in [0.25, 0.3) is 16.8 Å². The molecule has 1 aromatic carbocycles. The largest absolute Gasteiger partial charge is 0.496 e. The van der Waals surface area contributed by atoms with E-state index in [2.05, 4.69) is 15.5 Å². The van der Waals surface area contributed by atoms with E-state index < -0.39 is 12.0 Å². The fourth-order valence-electron chi connectivity index (χ4n) is 3.75. The summed E-state index contributed by atoms with van der Waals surface area (Å²) in [5.74, 6) is 0.237. The van der Waals surface area contributed by atoms with Gasteiger partial charge in [0.15, 0.2) is 5.82 Å². The molecule has 3 heterocycles. The maximum atomic E-state index is 13.3. The van der Waals surface area contributed by atoms with Crippen LogP contribution in [0.5, 0.6) is 5.75 Å². The first-order valence-corrected chi connectivity index (χ1v) is 10.9. The van der Waals surface area contributed by atoms with E-state index in [1.165, 1.54) is 0 Å². The highest BCUT2D eigenvalue weighted by molar-refractivity contribution is 6.31. The molecule has 0 bridgehead atoms. The summed E-state index contributed by atoms with van der Waals surface area (Å²) in [7, 11) is 1.55. The number of nitrogens with one attached hydrogen (secondary N) is 1. The molecule has 0 fully saturated rings. The maximum absolute atomic E-state index is 13.3. The molecule has 33 heavy (non-hydrogen) atoms. The molecule has 0 aliphatic rings. The number of hydrogen-bond donors (Lipinski definition) is 3. The smallest absolute Gasteiger partial charge is 0.261 e. The van der Waals surface area contributed by atoms with E-state index in [1.54, 1.807) is 59.0 Å². The number of nitrogens with two attached hydrogens (primary N) is 1. The Morgan fingerprint density at radius 3 is 2.88 bits per heavy atom. The lowest BCUT2D eigenvalue weighted by molar-refractivity contribution is 0.102. The highest BCUT2D eigenvalue weighted by Gasteiger charge is 2.23. The van der Waals surface area contributed by atoms with Crippen molar-refractivity contribution in [1.82, 2.24) is 19.4 Å². The number of amides is 1. The van der Waals surface area contributed by atoms with Crippen LogP contribution in [0, 0.1) is 0 Å². The standard InChI is InChI=1S/C23H25ClN6O3/c1-3-6-15(31)12-29-13-17(21(27-29)16-11-14(24)8-9-19(16)33-2)26-23(32)20-18-7-4-5-10-30(18)28-22(20)25/h4-5,7-11,13,15,31H,3,6,12H2,1-2H3,(H2,25,28)(H,26,32)/t15-/m1/s1. The molecule has 4 rings (SSSR count). The predicted octanol–water partition coefficient (Wildman–Crippen LogP) is 3.86. The van der Waals surface area contributed by atoms with Gasteiger partial charge in [0.1, 0.15) is 17.0 Å². The van der Waals surface area contributed by atoms with Crippen LogP contribution in [0.3, 0.4) is 0 Å². The average molecular weight is 469 g/mol. The van der Waals surface area contributed by atoms with Crippen LogP contribution in [-0.2, 0) is 6.54 Å². The number of methoxy groups -OCH3 is 1. The lowest BCUT2D eigenvalue weighted by atomic mass is 10.1. The number of carbonyl (C=O) groups is 1. The van der Waals surface area contributed by atoms with Crippen LogP contribution >= 0.6 is 11.6 Å². The average Bonchev–Trinajstić information content (AvgIpc) is 3.33. The van der Waals surface area contributed by atoms with Crippen LogP contribution in [0.4, 0.5) is 11.5 Å². The molecular formula is C23H25ClN6O3. The number of aliphatic hydroxyl groups is 1. The number of fused-ring (bicyclic) bond motifs is 1. The van der Waals surface area contributed by atoms with Crippen molar-refractivity contribution in [2.45, 2.75) is 32.4 Å². The van der Waals surface area contributed by atoms with Crippen molar-refractivity contribution >= 4 is 34.5 Å². The first-order chi connectivity index (χ1) is 15.9. The maximum Gasteiger partial charge on any atom is 0.261 e. The minimum absolute atomic E-state index is 0.117. The van der Waals surface area contributed by atoms with E-state index in [4.69, 9.17) is 22.1 Å². The molecule has 1 atom stereocenters. The van der Waals surface area contributed by atoms with Gasteiger partial charge in [-0.3, -0.25) is 9.48 Å². The van der Waals surface area contributed by atoms with Gasteiger partial charge in [0, 0.05) is 23.0 Å². The third kappa shape index (κ3) is 4.64.